The molecule has 8 nitrogen and oxygen atoms in total. The molecule has 16 heavy (non-hydrogen) atoms. The molecule has 0 spiro atoms. The molecule has 1 N–H and O–H groups in total. The summed E-state index contributed by atoms with van der Waals surface area (Å²) >= 11 is 0. The summed E-state index contributed by atoms with van der Waals surface area (Å²) < 4.78 is 25.0. The fourth-order valence-electron chi connectivity index (χ4n) is 0.949. The van der Waals surface area contributed by atoms with Crippen LogP contribution < -0.4 is 0 Å². The summed E-state index contributed by atoms with van der Waals surface area (Å²) in [6, 6.07) is 0. The fraction of sp³-hybridized carbons (Fsp3) is 0.429. The van der Waals surface area contributed by atoms with Crippen molar-refractivity contribution < 1.29 is 23.2 Å². The van der Waals surface area contributed by atoms with Crippen molar-refractivity contribution in [3.63, 3.8) is 0 Å². The van der Waals surface area contributed by atoms with E-state index in [1.54, 1.807) is 0 Å². The van der Waals surface area contributed by atoms with Gasteiger partial charge in [-0.15, -0.1) is 0 Å². The molecule has 1 rings (SSSR count). The van der Waals surface area contributed by atoms with Crippen molar-refractivity contribution in [1.82, 2.24) is 14.2 Å². The van der Waals surface area contributed by atoms with Crippen LogP contribution in [0.5, 0.6) is 0 Å². The highest BCUT2D eigenvalue weighted by atomic mass is 32.2. The standard InChI is InChI=1S/C7H11N3O5S/c1-9(15-2)16(13,14)6-3-8-10(4-6)5-7(11)12/h3-4H,5H2,1-2H3,(H,11,12). The van der Waals surface area contributed by atoms with Gasteiger partial charge in [0.05, 0.1) is 13.3 Å². The minimum atomic E-state index is -3.77. The van der Waals surface area contributed by atoms with Crippen LogP contribution in [0.2, 0.25) is 0 Å². The van der Waals surface area contributed by atoms with Gasteiger partial charge in [-0.3, -0.25) is 14.3 Å². The quantitative estimate of drug-likeness (QED) is 0.682. The highest BCUT2D eigenvalue weighted by molar-refractivity contribution is 7.89. The van der Waals surface area contributed by atoms with Gasteiger partial charge in [0.15, 0.2) is 0 Å². The number of aromatic nitrogens is 2. The second-order valence-electron chi connectivity index (χ2n) is 2.86. The maximum absolute atomic E-state index is 11.7. The second kappa shape index (κ2) is 4.60. The number of nitrogens with zero attached hydrogens (tertiary/aromatic N) is 3. The number of hydrogen-bond acceptors (Lipinski definition) is 5. The monoisotopic (exact) mass is 249 g/mol. The molecule has 0 radical (unpaired) electrons. The third kappa shape index (κ3) is 2.56. The molecule has 0 bridgehead atoms. The first-order valence-corrected chi connectivity index (χ1v) is 5.59. The number of hydroxylamine groups is 1. The summed E-state index contributed by atoms with van der Waals surface area (Å²) in [5, 5.41) is 12.1. The highest BCUT2D eigenvalue weighted by Gasteiger charge is 2.22. The third-order valence-electron chi connectivity index (χ3n) is 1.80. The van der Waals surface area contributed by atoms with Gasteiger partial charge in [0.2, 0.25) is 0 Å². The zero-order chi connectivity index (χ0) is 12.3. The van der Waals surface area contributed by atoms with E-state index in [0.717, 1.165) is 17.1 Å². The zero-order valence-corrected chi connectivity index (χ0v) is 9.51. The lowest BCUT2D eigenvalue weighted by atomic mass is 10.6. The summed E-state index contributed by atoms with van der Waals surface area (Å²) in [6.07, 6.45) is 2.19. The number of carbonyl (C=O) groups is 1. The maximum atomic E-state index is 11.7. The Hall–Kier alpha value is -1.45. The molecule has 9 heteroatoms. The van der Waals surface area contributed by atoms with Gasteiger partial charge in [-0.2, -0.15) is 5.10 Å². The van der Waals surface area contributed by atoms with Crippen molar-refractivity contribution in [2.24, 2.45) is 0 Å². The lowest BCUT2D eigenvalue weighted by molar-refractivity contribution is -0.137. The van der Waals surface area contributed by atoms with E-state index < -0.39 is 22.5 Å². The highest BCUT2D eigenvalue weighted by Crippen LogP contribution is 2.12. The Labute approximate surface area is 92.0 Å². The predicted octanol–water partition coefficient (Wildman–Crippen LogP) is -0.850. The molecule has 0 fully saturated rings. The van der Waals surface area contributed by atoms with E-state index in [0.29, 0.717) is 4.47 Å². The van der Waals surface area contributed by atoms with Gasteiger partial charge in [0, 0.05) is 13.2 Å². The van der Waals surface area contributed by atoms with E-state index in [2.05, 4.69) is 9.94 Å². The minimum Gasteiger partial charge on any atom is -0.480 e. The Morgan fingerprint density at radius 1 is 1.69 bits per heavy atom. The van der Waals surface area contributed by atoms with Crippen LogP contribution in [0.25, 0.3) is 0 Å². The molecule has 0 aliphatic rings. The van der Waals surface area contributed by atoms with Crippen molar-refractivity contribution in [2.75, 3.05) is 14.2 Å². The van der Waals surface area contributed by atoms with Crippen LogP contribution in [0, 0.1) is 0 Å². The van der Waals surface area contributed by atoms with Crippen LogP contribution in [0.1, 0.15) is 0 Å². The molecule has 1 aromatic rings. The molecule has 1 heterocycles. The van der Waals surface area contributed by atoms with Crippen LogP contribution in [-0.2, 0) is 26.2 Å². The molecule has 0 unspecified atom stereocenters. The summed E-state index contributed by atoms with van der Waals surface area (Å²) in [6.45, 7) is -0.397. The van der Waals surface area contributed by atoms with Crippen molar-refractivity contribution in [3.05, 3.63) is 12.4 Å². The number of hydrogen-bond donors (Lipinski definition) is 1. The van der Waals surface area contributed by atoms with Crippen molar-refractivity contribution in [1.29, 1.82) is 0 Å². The smallest absolute Gasteiger partial charge is 0.325 e. The van der Waals surface area contributed by atoms with Gasteiger partial charge in [0.1, 0.15) is 11.4 Å². The van der Waals surface area contributed by atoms with E-state index in [9.17, 15) is 13.2 Å². The first-order valence-electron chi connectivity index (χ1n) is 4.15. The normalized spacial score (nSPS) is 11.9. The average Bonchev–Trinajstić information content (AvgIpc) is 2.64. The molecule has 0 atom stereocenters. The van der Waals surface area contributed by atoms with Crippen molar-refractivity contribution in [2.45, 2.75) is 11.4 Å². The lowest BCUT2D eigenvalue weighted by Crippen LogP contribution is -2.25. The van der Waals surface area contributed by atoms with E-state index >= 15 is 0 Å². The second-order valence-corrected chi connectivity index (χ2v) is 4.80. The van der Waals surface area contributed by atoms with Crippen LogP contribution in [0.3, 0.4) is 0 Å². The summed E-state index contributed by atoms with van der Waals surface area (Å²) in [4.78, 5) is 14.8. The molecule has 0 saturated carbocycles. The van der Waals surface area contributed by atoms with Gasteiger partial charge in [-0.1, -0.05) is 4.47 Å². The molecule has 0 aliphatic heterocycles. The Kier molecular flexibility index (Phi) is 3.62. The van der Waals surface area contributed by atoms with Gasteiger partial charge >= 0.3 is 5.97 Å². The first kappa shape index (κ1) is 12.6. The number of carboxylic acids is 1. The molecule has 0 aliphatic carbocycles. The van der Waals surface area contributed by atoms with E-state index in [1.165, 1.54) is 14.2 Å². The van der Waals surface area contributed by atoms with E-state index in [4.69, 9.17) is 5.11 Å². The average molecular weight is 249 g/mol. The van der Waals surface area contributed by atoms with Crippen LogP contribution >= 0.6 is 0 Å². The summed E-state index contributed by atoms with van der Waals surface area (Å²) in [5.74, 6) is -1.10. The number of rotatable bonds is 5. The SMILES string of the molecule is CON(C)S(=O)(=O)c1cnn(CC(=O)O)c1. The van der Waals surface area contributed by atoms with E-state index in [1.807, 2.05) is 0 Å². The largest absolute Gasteiger partial charge is 0.480 e. The van der Waals surface area contributed by atoms with Crippen LogP contribution in [0.4, 0.5) is 0 Å². The third-order valence-corrected chi connectivity index (χ3v) is 3.43. The Morgan fingerprint density at radius 2 is 2.31 bits per heavy atom. The summed E-state index contributed by atoms with van der Waals surface area (Å²) in [7, 11) is -1.34. The van der Waals surface area contributed by atoms with Gasteiger partial charge < -0.3 is 5.11 Å². The van der Waals surface area contributed by atoms with Gasteiger partial charge in [-0.25, -0.2) is 8.42 Å². The first-order chi connectivity index (χ1) is 7.37. The zero-order valence-electron chi connectivity index (χ0n) is 8.69. The topological polar surface area (TPSA) is 102 Å². The minimum absolute atomic E-state index is 0.127. The Balaban J connectivity index is 2.98. The predicted molar refractivity (Wildman–Crippen MR) is 51.8 cm³/mol. The lowest BCUT2D eigenvalue weighted by Gasteiger charge is -2.11. The van der Waals surface area contributed by atoms with Crippen molar-refractivity contribution >= 4 is 16.0 Å². The van der Waals surface area contributed by atoms with Gasteiger partial charge in [-0.05, 0) is 0 Å². The molecule has 90 valence electrons. The Morgan fingerprint density at radius 3 is 2.81 bits per heavy atom. The van der Waals surface area contributed by atoms with Crippen LogP contribution in [-0.4, -0.2) is 47.9 Å². The Bertz CT molecular complexity index is 480. The molecular weight excluding hydrogens is 238 g/mol. The number of carboxylic acid groups (broad SMARTS) is 1. The summed E-state index contributed by atoms with van der Waals surface area (Å²) in [5.41, 5.74) is 0. The van der Waals surface area contributed by atoms with Crippen LogP contribution in [0.15, 0.2) is 17.3 Å². The van der Waals surface area contributed by atoms with E-state index in [-0.39, 0.29) is 4.90 Å². The fourth-order valence-corrected chi connectivity index (χ4v) is 1.88. The van der Waals surface area contributed by atoms with Crippen molar-refractivity contribution in [3.8, 4) is 0 Å². The van der Waals surface area contributed by atoms with Gasteiger partial charge in [0.25, 0.3) is 10.0 Å². The molecular formula is C7H11N3O5S. The molecule has 0 amide bonds. The molecule has 1 aromatic heterocycles. The maximum Gasteiger partial charge on any atom is 0.325 e. The molecule has 0 aromatic carbocycles. The number of sulfonamides is 1. The molecule has 0 saturated heterocycles. The number of aliphatic carboxylic acids is 1.